The van der Waals surface area contributed by atoms with Crippen LogP contribution in [-0.2, 0) is 19.6 Å². The van der Waals surface area contributed by atoms with Crippen LogP contribution in [0.15, 0.2) is 71.6 Å². The highest BCUT2D eigenvalue weighted by Gasteiger charge is 2.45. The third-order valence-corrected chi connectivity index (χ3v) is 10.2. The number of carbonyl (C=O) groups excluding carboxylic acids is 1. The Morgan fingerprint density at radius 1 is 0.870 bits per heavy atom. The molecule has 2 aliphatic heterocycles. The Hall–Kier alpha value is -4.10. The fraction of sp³-hybridized carbons (Fsp3) is 0.394. The van der Waals surface area contributed by atoms with Gasteiger partial charge in [-0.1, -0.05) is 42.5 Å². The van der Waals surface area contributed by atoms with Gasteiger partial charge >= 0.3 is 12.1 Å². The van der Waals surface area contributed by atoms with Crippen molar-refractivity contribution in [3.63, 3.8) is 0 Å². The number of anilines is 1. The molecule has 2 heterocycles. The smallest absolute Gasteiger partial charge is 0.490 e. The van der Waals surface area contributed by atoms with Gasteiger partial charge in [0, 0.05) is 56.9 Å². The van der Waals surface area contributed by atoms with Crippen molar-refractivity contribution < 1.29 is 41.0 Å². The first-order valence-electron chi connectivity index (χ1n) is 14.7. The lowest BCUT2D eigenvalue weighted by molar-refractivity contribution is -0.192. The summed E-state index contributed by atoms with van der Waals surface area (Å²) < 4.78 is 65.9. The molecule has 0 radical (unpaired) electrons. The molecule has 5 rings (SSSR count). The zero-order chi connectivity index (χ0) is 33.8. The van der Waals surface area contributed by atoms with Crippen LogP contribution >= 0.6 is 0 Å². The minimum Gasteiger partial charge on any atom is -0.497 e. The molecule has 0 aromatic heterocycles. The topological polar surface area (TPSA) is 107 Å². The quantitative estimate of drug-likeness (QED) is 0.396. The third-order valence-electron chi connectivity index (χ3n) is 8.41. The summed E-state index contributed by atoms with van der Waals surface area (Å²) in [6.45, 7) is 9.41. The van der Waals surface area contributed by atoms with Crippen molar-refractivity contribution >= 4 is 27.6 Å². The van der Waals surface area contributed by atoms with Crippen LogP contribution in [-0.4, -0.2) is 87.2 Å². The highest BCUT2D eigenvalue weighted by molar-refractivity contribution is 7.89. The number of halogens is 3. The van der Waals surface area contributed by atoms with Gasteiger partial charge in [-0.05, 0) is 61.2 Å². The van der Waals surface area contributed by atoms with Crippen molar-refractivity contribution in [3.05, 3.63) is 89.0 Å². The summed E-state index contributed by atoms with van der Waals surface area (Å²) in [6.07, 6.45) is -5.08. The van der Waals surface area contributed by atoms with Crippen LogP contribution in [0.2, 0.25) is 0 Å². The van der Waals surface area contributed by atoms with Gasteiger partial charge < -0.3 is 19.6 Å². The molecule has 2 aliphatic rings. The number of aliphatic carboxylic acids is 1. The van der Waals surface area contributed by atoms with Crippen molar-refractivity contribution in [2.24, 2.45) is 5.92 Å². The largest absolute Gasteiger partial charge is 0.497 e. The summed E-state index contributed by atoms with van der Waals surface area (Å²) in [5.41, 5.74) is 5.78. The van der Waals surface area contributed by atoms with Crippen LogP contribution in [0.5, 0.6) is 5.75 Å². The molecule has 3 aromatic rings. The number of hydrogen-bond donors (Lipinski definition) is 1. The molecule has 248 valence electrons. The number of hydrogen-bond acceptors (Lipinski definition) is 6. The molecule has 1 N–H and O–H groups in total. The monoisotopic (exact) mass is 661 g/mol. The van der Waals surface area contributed by atoms with Crippen LogP contribution in [0, 0.1) is 26.7 Å². The third kappa shape index (κ3) is 7.81. The summed E-state index contributed by atoms with van der Waals surface area (Å²) >= 11 is 0. The summed E-state index contributed by atoms with van der Waals surface area (Å²) in [7, 11) is -2.28. The number of piperazine rings is 1. The van der Waals surface area contributed by atoms with E-state index in [1.807, 2.05) is 36.1 Å². The fourth-order valence-electron chi connectivity index (χ4n) is 5.91. The van der Waals surface area contributed by atoms with E-state index in [0.29, 0.717) is 18.8 Å². The number of amides is 1. The molecule has 0 bridgehead atoms. The minimum absolute atomic E-state index is 0.0345. The first-order valence-corrected chi connectivity index (χ1v) is 16.2. The number of carbonyl (C=O) groups is 2. The predicted molar refractivity (Wildman–Crippen MR) is 168 cm³/mol. The van der Waals surface area contributed by atoms with Crippen LogP contribution in [0.3, 0.4) is 0 Å². The Bertz CT molecular complexity index is 1670. The molecular formula is C33H38F3N3O6S. The number of alkyl halides is 3. The van der Waals surface area contributed by atoms with Crippen LogP contribution < -0.4 is 9.64 Å². The highest BCUT2D eigenvalue weighted by atomic mass is 32.2. The second-order valence-electron chi connectivity index (χ2n) is 11.5. The summed E-state index contributed by atoms with van der Waals surface area (Å²) in [4.78, 5) is 27.4. The van der Waals surface area contributed by atoms with Gasteiger partial charge in [0.2, 0.25) is 15.9 Å². The van der Waals surface area contributed by atoms with Gasteiger partial charge in [0.25, 0.3) is 0 Å². The van der Waals surface area contributed by atoms with Crippen molar-refractivity contribution in [2.45, 2.75) is 37.8 Å². The summed E-state index contributed by atoms with van der Waals surface area (Å²) in [5.74, 6) is -2.89. The van der Waals surface area contributed by atoms with Crippen molar-refractivity contribution in [1.29, 1.82) is 0 Å². The standard InChI is InChI=1S/C31H37N3O4S.C2HF3O2/c1-22-12-13-24(3)30(18-22)32-14-16-33(17-15-32)31(35)29-21-34(20-28(29)27-11-6-5-8-23(27)2)39(36,37)26-10-7-9-25(19-26)38-4;3-2(4,5)1(6)7/h5-13,18-19,28-29H,14-17,20-21H2,1-4H3;(H,6,7)/t28-,29+;/m0./s1. The molecule has 2 atom stereocenters. The normalized spacial score (nSPS) is 18.9. The Morgan fingerprint density at radius 3 is 2.13 bits per heavy atom. The molecule has 46 heavy (non-hydrogen) atoms. The Morgan fingerprint density at radius 2 is 1.52 bits per heavy atom. The van der Waals surface area contributed by atoms with E-state index in [9.17, 15) is 26.4 Å². The van der Waals surface area contributed by atoms with E-state index >= 15 is 0 Å². The second kappa shape index (κ2) is 14.1. The molecule has 0 spiro atoms. The van der Waals surface area contributed by atoms with Crippen LogP contribution in [0.4, 0.5) is 18.9 Å². The lowest BCUT2D eigenvalue weighted by atomic mass is 9.85. The average Bonchev–Trinajstić information content (AvgIpc) is 3.48. The lowest BCUT2D eigenvalue weighted by Gasteiger charge is -2.38. The van der Waals surface area contributed by atoms with Crippen molar-refractivity contribution in [3.8, 4) is 5.75 Å². The van der Waals surface area contributed by atoms with E-state index in [-0.39, 0.29) is 29.8 Å². The number of carboxylic acids is 1. The molecule has 2 saturated heterocycles. The zero-order valence-corrected chi connectivity index (χ0v) is 26.9. The van der Waals surface area contributed by atoms with Crippen LogP contribution in [0.25, 0.3) is 0 Å². The average molecular weight is 662 g/mol. The maximum Gasteiger partial charge on any atom is 0.490 e. The molecule has 0 aliphatic carbocycles. The number of sulfonamides is 1. The van der Waals surface area contributed by atoms with Gasteiger partial charge in [0.05, 0.1) is 17.9 Å². The van der Waals surface area contributed by atoms with Gasteiger partial charge in [-0.25, -0.2) is 13.2 Å². The second-order valence-corrected chi connectivity index (χ2v) is 13.4. The molecular weight excluding hydrogens is 623 g/mol. The number of nitrogens with zero attached hydrogens (tertiary/aromatic N) is 3. The SMILES string of the molecule is COc1cccc(S(=O)(=O)N2C[C@@H](C(=O)N3CCN(c4cc(C)ccc4C)CC3)[C@H](c3ccccc3C)C2)c1.O=C(O)C(F)(F)F. The van der Waals surface area contributed by atoms with Gasteiger partial charge in [0.15, 0.2) is 0 Å². The number of carboxylic acid groups (broad SMARTS) is 1. The number of benzene rings is 3. The summed E-state index contributed by atoms with van der Waals surface area (Å²) in [5, 5.41) is 7.12. The highest BCUT2D eigenvalue weighted by Crippen LogP contribution is 2.39. The predicted octanol–water partition coefficient (Wildman–Crippen LogP) is 5.01. The first-order chi connectivity index (χ1) is 21.6. The Balaban J connectivity index is 0.000000617. The maximum absolute atomic E-state index is 14.0. The Labute approximate surface area is 267 Å². The molecule has 3 aromatic carbocycles. The summed E-state index contributed by atoms with van der Waals surface area (Å²) in [6, 6.07) is 21.0. The molecule has 0 unspecified atom stereocenters. The fourth-order valence-corrected chi connectivity index (χ4v) is 7.43. The number of ether oxygens (including phenoxy) is 1. The number of rotatable bonds is 6. The van der Waals surface area contributed by atoms with Crippen molar-refractivity contribution in [1.82, 2.24) is 9.21 Å². The van der Waals surface area contributed by atoms with E-state index in [4.69, 9.17) is 14.6 Å². The molecule has 1 amide bonds. The molecule has 9 nitrogen and oxygen atoms in total. The van der Waals surface area contributed by atoms with E-state index < -0.39 is 28.1 Å². The van der Waals surface area contributed by atoms with E-state index in [0.717, 1.165) is 24.2 Å². The number of aryl methyl sites for hydroxylation is 3. The van der Waals surface area contributed by atoms with Gasteiger partial charge in [-0.2, -0.15) is 17.5 Å². The maximum atomic E-state index is 14.0. The van der Waals surface area contributed by atoms with Gasteiger partial charge in [-0.3, -0.25) is 4.79 Å². The lowest BCUT2D eigenvalue weighted by Crippen LogP contribution is -2.51. The Kier molecular flexibility index (Phi) is 10.7. The van der Waals surface area contributed by atoms with E-state index in [2.05, 4.69) is 36.9 Å². The molecule has 13 heteroatoms. The number of methoxy groups -OCH3 is 1. The van der Waals surface area contributed by atoms with E-state index in [1.165, 1.54) is 28.2 Å². The van der Waals surface area contributed by atoms with Crippen LogP contribution in [0.1, 0.15) is 28.2 Å². The minimum atomic E-state index is -5.08. The van der Waals surface area contributed by atoms with Gasteiger partial charge in [0.1, 0.15) is 5.75 Å². The van der Waals surface area contributed by atoms with Crippen molar-refractivity contribution in [2.75, 3.05) is 51.3 Å². The van der Waals surface area contributed by atoms with Gasteiger partial charge in [-0.15, -0.1) is 0 Å². The van der Waals surface area contributed by atoms with E-state index in [1.54, 1.807) is 24.3 Å². The molecule has 0 saturated carbocycles. The first kappa shape index (κ1) is 34.8. The molecule has 2 fully saturated rings. The zero-order valence-electron chi connectivity index (χ0n) is 26.1.